The molecule has 0 atom stereocenters. The molecule has 0 fully saturated rings. The zero-order chi connectivity index (χ0) is 17.3. The van der Waals surface area contributed by atoms with Crippen molar-refractivity contribution >= 4 is 44.9 Å². The van der Waals surface area contributed by atoms with Crippen molar-refractivity contribution in [1.82, 2.24) is 9.88 Å². The van der Waals surface area contributed by atoms with E-state index in [2.05, 4.69) is 22.9 Å². The van der Waals surface area contributed by atoms with Gasteiger partial charge in [-0.25, -0.2) is 4.98 Å². The number of anilines is 2. The first-order valence-corrected chi connectivity index (χ1v) is 8.23. The monoisotopic (exact) mass is 339 g/mol. The number of aromatic nitrogens is 1. The maximum atomic E-state index is 11.4. The minimum Gasteiger partial charge on any atom is -0.354 e. The molecule has 6 nitrogen and oxygen atoms in total. The van der Waals surface area contributed by atoms with Gasteiger partial charge in [-0.2, -0.15) is 5.26 Å². The molecule has 1 amide bonds. The number of nitrogens with zero attached hydrogens (tertiary/aromatic N) is 4. The Labute approximate surface area is 144 Å². The Kier molecular flexibility index (Phi) is 4.34. The predicted molar refractivity (Wildman–Crippen MR) is 97.9 cm³/mol. The summed E-state index contributed by atoms with van der Waals surface area (Å²) in [6.45, 7) is 5.19. The fraction of sp³-hybridized carbons (Fsp3) is 0.235. The Morgan fingerprint density at radius 2 is 2.21 bits per heavy atom. The zero-order valence-corrected chi connectivity index (χ0v) is 14.4. The summed E-state index contributed by atoms with van der Waals surface area (Å²) in [6.07, 6.45) is 2.61. The average Bonchev–Trinajstić information content (AvgIpc) is 2.98. The summed E-state index contributed by atoms with van der Waals surface area (Å²) in [5.74, 6) is 0. The highest BCUT2D eigenvalue weighted by Crippen LogP contribution is 2.38. The van der Waals surface area contributed by atoms with Crippen molar-refractivity contribution in [2.24, 2.45) is 0 Å². The average molecular weight is 339 g/mol. The molecule has 0 radical (unpaired) electrons. The Bertz CT molecular complexity index is 890. The topological polar surface area (TPSA) is 72.3 Å². The Morgan fingerprint density at radius 3 is 2.88 bits per heavy atom. The normalized spacial score (nSPS) is 13.2. The van der Waals surface area contributed by atoms with Crippen LogP contribution in [0.5, 0.6) is 0 Å². The number of rotatable bonds is 5. The maximum absolute atomic E-state index is 11.4. The molecular weight excluding hydrogens is 322 g/mol. The quantitative estimate of drug-likeness (QED) is 0.848. The number of hydrogen-bond donors (Lipinski definition) is 1. The number of hydrogen-bond acceptors (Lipinski definition) is 6. The first-order chi connectivity index (χ1) is 11.5. The number of fused-ring (bicyclic) bond motifs is 3. The van der Waals surface area contributed by atoms with Gasteiger partial charge in [0, 0.05) is 30.0 Å². The summed E-state index contributed by atoms with van der Waals surface area (Å²) in [7, 11) is 3.93. The van der Waals surface area contributed by atoms with E-state index in [-0.39, 0.29) is 0 Å². The van der Waals surface area contributed by atoms with Crippen LogP contribution >= 0.6 is 11.3 Å². The second-order valence-electron chi connectivity index (χ2n) is 5.75. The molecule has 0 aliphatic carbocycles. The molecule has 122 valence electrons. The fourth-order valence-electron chi connectivity index (χ4n) is 2.44. The number of allylic oxidation sites excluding steroid dienone is 1. The van der Waals surface area contributed by atoms with E-state index >= 15 is 0 Å². The van der Waals surface area contributed by atoms with Crippen LogP contribution in [0.2, 0.25) is 0 Å². The molecule has 2 aromatic rings. The fourth-order valence-corrected chi connectivity index (χ4v) is 3.42. The van der Waals surface area contributed by atoms with Gasteiger partial charge < -0.3 is 10.2 Å². The van der Waals surface area contributed by atoms with Crippen molar-refractivity contribution in [3.63, 3.8) is 0 Å². The number of carbonyl (C=O) groups is 1. The van der Waals surface area contributed by atoms with Gasteiger partial charge in [0.05, 0.1) is 15.8 Å². The molecule has 0 saturated carbocycles. The van der Waals surface area contributed by atoms with Crippen LogP contribution in [0.25, 0.3) is 16.3 Å². The Hall–Kier alpha value is -2.69. The van der Waals surface area contributed by atoms with E-state index in [0.717, 1.165) is 34.4 Å². The van der Waals surface area contributed by atoms with Crippen molar-refractivity contribution in [2.45, 2.75) is 0 Å². The molecule has 3 rings (SSSR count). The summed E-state index contributed by atoms with van der Waals surface area (Å²) >= 11 is 1.47. The smallest absolute Gasteiger partial charge is 0.215 e. The van der Waals surface area contributed by atoms with E-state index < -0.39 is 0 Å². The molecule has 0 spiro atoms. The second-order valence-corrected chi connectivity index (χ2v) is 6.75. The standard InChI is InChI=1S/C17H17N5OS/c1-11-12(9-18)8-13-14(19-11)4-5-15-16(13)20-17(24-15)22(10-23)7-6-21(2)3/h4-5,8,10,19H,1,6-7H2,2-3H3. The highest BCUT2D eigenvalue weighted by molar-refractivity contribution is 7.22. The molecule has 0 bridgehead atoms. The third-order valence-electron chi connectivity index (χ3n) is 3.77. The Balaban J connectivity index is 2.05. The van der Waals surface area contributed by atoms with Gasteiger partial charge in [-0.05, 0) is 32.3 Å². The highest BCUT2D eigenvalue weighted by Gasteiger charge is 2.19. The zero-order valence-electron chi connectivity index (χ0n) is 13.5. The van der Waals surface area contributed by atoms with E-state index in [4.69, 9.17) is 0 Å². The van der Waals surface area contributed by atoms with E-state index in [1.165, 1.54) is 11.3 Å². The lowest BCUT2D eigenvalue weighted by Crippen LogP contribution is -2.30. The summed E-state index contributed by atoms with van der Waals surface area (Å²) in [5.41, 5.74) is 3.59. The molecule has 7 heteroatoms. The number of thiazole rings is 1. The summed E-state index contributed by atoms with van der Waals surface area (Å²) in [4.78, 5) is 19.7. The third-order valence-corrected chi connectivity index (χ3v) is 4.83. The van der Waals surface area contributed by atoms with Gasteiger partial charge in [-0.1, -0.05) is 17.9 Å². The van der Waals surface area contributed by atoms with E-state index in [0.29, 0.717) is 22.9 Å². The highest BCUT2D eigenvalue weighted by atomic mass is 32.1. The SMILES string of the molecule is C=C1Nc2ccc3sc(N(C=O)CCN(C)C)nc3c2C=C1C#N. The number of benzene rings is 1. The van der Waals surface area contributed by atoms with Crippen molar-refractivity contribution < 1.29 is 4.79 Å². The molecule has 1 N–H and O–H groups in total. The van der Waals surface area contributed by atoms with Crippen molar-refractivity contribution in [1.29, 1.82) is 5.26 Å². The van der Waals surface area contributed by atoms with Gasteiger partial charge >= 0.3 is 0 Å². The van der Waals surface area contributed by atoms with E-state index in [1.54, 1.807) is 11.0 Å². The van der Waals surface area contributed by atoms with E-state index in [9.17, 15) is 10.1 Å². The van der Waals surface area contributed by atoms with Gasteiger partial charge in [-0.15, -0.1) is 0 Å². The molecule has 1 aliphatic heterocycles. The predicted octanol–water partition coefficient (Wildman–Crippen LogP) is 2.67. The number of likely N-dealkylation sites (N-methyl/N-ethyl adjacent to an activating group) is 1. The lowest BCUT2D eigenvalue weighted by Gasteiger charge is -2.17. The lowest BCUT2D eigenvalue weighted by atomic mass is 10.0. The van der Waals surface area contributed by atoms with Gasteiger partial charge in [0.1, 0.15) is 6.07 Å². The number of nitriles is 1. The summed E-state index contributed by atoms with van der Waals surface area (Å²) < 4.78 is 0.975. The van der Waals surface area contributed by atoms with Gasteiger partial charge in [0.25, 0.3) is 0 Å². The molecule has 0 unspecified atom stereocenters. The van der Waals surface area contributed by atoms with Crippen LogP contribution in [-0.4, -0.2) is 43.5 Å². The molecule has 1 aliphatic rings. The molecule has 1 aromatic carbocycles. The van der Waals surface area contributed by atoms with Crippen molar-refractivity contribution in [3.05, 3.63) is 35.5 Å². The van der Waals surface area contributed by atoms with Gasteiger partial charge in [0.2, 0.25) is 6.41 Å². The molecule has 0 saturated heterocycles. The number of carbonyl (C=O) groups excluding carboxylic acids is 1. The summed E-state index contributed by atoms with van der Waals surface area (Å²) in [5, 5.41) is 13.0. The largest absolute Gasteiger partial charge is 0.354 e. The molecular formula is C17H17N5OS. The number of amides is 1. The van der Waals surface area contributed by atoms with Crippen LogP contribution in [0.3, 0.4) is 0 Å². The summed E-state index contributed by atoms with van der Waals surface area (Å²) in [6, 6.07) is 6.05. The van der Waals surface area contributed by atoms with Crippen molar-refractivity contribution in [2.75, 3.05) is 37.4 Å². The van der Waals surface area contributed by atoms with Crippen LogP contribution in [-0.2, 0) is 4.79 Å². The lowest BCUT2D eigenvalue weighted by molar-refractivity contribution is -0.107. The van der Waals surface area contributed by atoms with Crippen LogP contribution in [0.15, 0.2) is 30.0 Å². The molecule has 2 heterocycles. The van der Waals surface area contributed by atoms with Crippen LogP contribution in [0.4, 0.5) is 10.8 Å². The number of nitrogens with one attached hydrogen (secondary N) is 1. The van der Waals surface area contributed by atoms with Crippen LogP contribution in [0, 0.1) is 11.3 Å². The van der Waals surface area contributed by atoms with Gasteiger partial charge in [-0.3, -0.25) is 9.69 Å². The molecule has 1 aromatic heterocycles. The Morgan fingerprint density at radius 1 is 1.42 bits per heavy atom. The van der Waals surface area contributed by atoms with Crippen LogP contribution in [0.1, 0.15) is 5.56 Å². The third kappa shape index (κ3) is 2.89. The van der Waals surface area contributed by atoms with Gasteiger partial charge in [0.15, 0.2) is 5.13 Å². The maximum Gasteiger partial charge on any atom is 0.215 e. The second kappa shape index (κ2) is 6.43. The minimum absolute atomic E-state index is 0.490. The first kappa shape index (κ1) is 16.2. The first-order valence-electron chi connectivity index (χ1n) is 7.42. The van der Waals surface area contributed by atoms with Crippen molar-refractivity contribution in [3.8, 4) is 6.07 Å². The minimum atomic E-state index is 0.490. The van der Waals surface area contributed by atoms with E-state index in [1.807, 2.05) is 31.1 Å². The molecule has 24 heavy (non-hydrogen) atoms. The van der Waals surface area contributed by atoms with Crippen LogP contribution < -0.4 is 10.2 Å².